The summed E-state index contributed by atoms with van der Waals surface area (Å²) >= 11 is 5.26. The van der Waals surface area contributed by atoms with E-state index in [1.807, 2.05) is 0 Å². The molecule has 0 aliphatic carbocycles. The number of fused-ring (bicyclic) bond motifs is 1. The zero-order chi connectivity index (χ0) is 26.4. The second kappa shape index (κ2) is 11.1. The van der Waals surface area contributed by atoms with Crippen LogP contribution in [0.15, 0.2) is 60.0 Å². The Morgan fingerprint density at radius 2 is 2.05 bits per heavy atom. The van der Waals surface area contributed by atoms with Crippen molar-refractivity contribution in [3.63, 3.8) is 0 Å². The van der Waals surface area contributed by atoms with Gasteiger partial charge in [-0.1, -0.05) is 12.1 Å². The van der Waals surface area contributed by atoms with E-state index in [-0.39, 0.29) is 23.4 Å². The molecule has 0 saturated carbocycles. The van der Waals surface area contributed by atoms with E-state index in [1.54, 1.807) is 43.6 Å². The quantitative estimate of drug-likeness (QED) is 0.269. The molecule has 1 amide bonds. The summed E-state index contributed by atoms with van der Waals surface area (Å²) < 4.78 is 47.6. The SMILES string of the molecule is CN1C(=O)COc2cccc(NC(=S)N/N=C/C/C=C/c3ncn(-c4ccc(OC(F)(F)F)cc4)n3)c21. The zero-order valence-corrected chi connectivity index (χ0v) is 20.1. The summed E-state index contributed by atoms with van der Waals surface area (Å²) in [5.41, 5.74) is 4.42. The number of allylic oxidation sites excluding steroid dienone is 1. The van der Waals surface area contributed by atoms with Crippen molar-refractivity contribution in [3.8, 4) is 17.2 Å². The third kappa shape index (κ3) is 6.82. The minimum Gasteiger partial charge on any atom is -0.481 e. The number of aromatic nitrogens is 3. The molecule has 0 spiro atoms. The molecule has 3 aromatic rings. The lowest BCUT2D eigenvalue weighted by Gasteiger charge is -2.28. The van der Waals surface area contributed by atoms with E-state index in [0.717, 1.165) is 0 Å². The van der Waals surface area contributed by atoms with Crippen molar-refractivity contribution in [2.75, 3.05) is 23.9 Å². The number of para-hydroxylation sites is 1. The molecule has 0 bridgehead atoms. The number of nitrogens with zero attached hydrogens (tertiary/aromatic N) is 5. The maximum absolute atomic E-state index is 12.3. The van der Waals surface area contributed by atoms with E-state index in [0.29, 0.717) is 35.1 Å². The maximum atomic E-state index is 12.3. The highest BCUT2D eigenvalue weighted by Crippen LogP contribution is 2.37. The van der Waals surface area contributed by atoms with Gasteiger partial charge >= 0.3 is 6.36 Å². The van der Waals surface area contributed by atoms with Crippen LogP contribution in [0, 0.1) is 0 Å². The molecular weight excluding hydrogens is 511 g/mol. The first kappa shape index (κ1) is 25.6. The van der Waals surface area contributed by atoms with Crippen molar-refractivity contribution in [2.24, 2.45) is 5.10 Å². The molecule has 0 radical (unpaired) electrons. The molecule has 2 N–H and O–H groups in total. The zero-order valence-electron chi connectivity index (χ0n) is 19.3. The molecule has 10 nitrogen and oxygen atoms in total. The number of halogens is 3. The molecule has 1 aliphatic heterocycles. The summed E-state index contributed by atoms with van der Waals surface area (Å²) in [5.74, 6) is 0.493. The first-order valence-electron chi connectivity index (χ1n) is 10.7. The Hall–Kier alpha value is -4.46. The number of nitrogens with one attached hydrogen (secondary N) is 2. The largest absolute Gasteiger partial charge is 0.573 e. The minimum atomic E-state index is -4.75. The number of thiocarbonyl (C=S) groups is 1. The van der Waals surface area contributed by atoms with Crippen molar-refractivity contribution < 1.29 is 27.4 Å². The van der Waals surface area contributed by atoms with Gasteiger partial charge in [-0.05, 0) is 54.7 Å². The molecule has 14 heteroatoms. The van der Waals surface area contributed by atoms with Crippen molar-refractivity contribution >= 4 is 46.9 Å². The van der Waals surface area contributed by atoms with E-state index >= 15 is 0 Å². The topological polar surface area (TPSA) is 106 Å². The fourth-order valence-corrected chi connectivity index (χ4v) is 3.43. The molecule has 1 aromatic heterocycles. The molecule has 2 aromatic carbocycles. The third-order valence-corrected chi connectivity index (χ3v) is 5.11. The Morgan fingerprint density at radius 3 is 2.81 bits per heavy atom. The van der Waals surface area contributed by atoms with Crippen molar-refractivity contribution in [2.45, 2.75) is 12.8 Å². The van der Waals surface area contributed by atoms with Crippen LogP contribution in [0.3, 0.4) is 0 Å². The van der Waals surface area contributed by atoms with Crippen LogP contribution in [-0.4, -0.2) is 52.0 Å². The fraction of sp³-hybridized carbons (Fsp3) is 0.174. The molecule has 0 unspecified atom stereocenters. The van der Waals surface area contributed by atoms with Gasteiger partial charge in [-0.3, -0.25) is 10.2 Å². The Kier molecular flexibility index (Phi) is 7.67. The summed E-state index contributed by atoms with van der Waals surface area (Å²) in [7, 11) is 1.66. The predicted octanol–water partition coefficient (Wildman–Crippen LogP) is 3.90. The van der Waals surface area contributed by atoms with Gasteiger partial charge in [0, 0.05) is 19.7 Å². The fourth-order valence-electron chi connectivity index (χ4n) is 3.27. The number of hydrogen-bond donors (Lipinski definition) is 2. The molecule has 37 heavy (non-hydrogen) atoms. The number of amides is 1. The molecule has 4 rings (SSSR count). The van der Waals surface area contributed by atoms with Crippen LogP contribution in [0.25, 0.3) is 11.8 Å². The van der Waals surface area contributed by atoms with E-state index in [4.69, 9.17) is 17.0 Å². The average Bonchev–Trinajstić information content (AvgIpc) is 3.32. The van der Waals surface area contributed by atoms with Gasteiger partial charge in [-0.15, -0.1) is 18.3 Å². The summed E-state index contributed by atoms with van der Waals surface area (Å²) in [6.07, 6.45) is 2.16. The number of carbonyl (C=O) groups is 1. The number of carbonyl (C=O) groups excluding carboxylic acids is 1. The molecule has 1 aliphatic rings. The van der Waals surface area contributed by atoms with Crippen molar-refractivity contribution in [3.05, 3.63) is 60.7 Å². The monoisotopic (exact) mass is 531 g/mol. The maximum Gasteiger partial charge on any atom is 0.573 e. The normalized spacial score (nSPS) is 13.5. The minimum absolute atomic E-state index is 0.0168. The van der Waals surface area contributed by atoms with E-state index in [9.17, 15) is 18.0 Å². The lowest BCUT2D eigenvalue weighted by atomic mass is 10.2. The van der Waals surface area contributed by atoms with E-state index in [2.05, 4.69) is 30.7 Å². The number of rotatable bonds is 7. The second-order valence-electron chi connectivity index (χ2n) is 7.50. The Bertz CT molecular complexity index is 1340. The molecule has 0 saturated heterocycles. The Labute approximate surface area is 214 Å². The standard InChI is InChI=1S/C23H20F3N7O3S/c1-32-20(34)13-35-18-6-4-5-17(21(18)32)29-22(37)30-28-12-3-2-7-19-27-14-33(31-19)15-8-10-16(11-9-15)36-23(24,25)26/h2,4-12,14H,3,13H2,1H3,(H2,29,30,37)/b7-2+,28-12+. The number of alkyl halides is 3. The van der Waals surface area contributed by atoms with Crippen molar-refractivity contribution in [1.82, 2.24) is 20.2 Å². The van der Waals surface area contributed by atoms with Crippen LogP contribution in [0.2, 0.25) is 0 Å². The summed E-state index contributed by atoms with van der Waals surface area (Å²) in [5, 5.41) is 11.5. The Balaban J connectivity index is 1.25. The van der Waals surface area contributed by atoms with Crippen LogP contribution in [0.5, 0.6) is 11.5 Å². The first-order chi connectivity index (χ1) is 17.7. The van der Waals surface area contributed by atoms with Gasteiger partial charge in [0.25, 0.3) is 5.91 Å². The van der Waals surface area contributed by atoms with Gasteiger partial charge in [0.2, 0.25) is 0 Å². The number of hydrogen-bond acceptors (Lipinski definition) is 7. The van der Waals surface area contributed by atoms with Gasteiger partial charge in [0.05, 0.1) is 11.4 Å². The van der Waals surface area contributed by atoms with Crippen LogP contribution in [0.4, 0.5) is 24.5 Å². The van der Waals surface area contributed by atoms with Gasteiger partial charge < -0.3 is 19.7 Å². The lowest BCUT2D eigenvalue weighted by molar-refractivity contribution is -0.274. The van der Waals surface area contributed by atoms with Crippen LogP contribution < -0.4 is 25.1 Å². The number of benzene rings is 2. The molecule has 192 valence electrons. The average molecular weight is 532 g/mol. The molecule has 0 atom stereocenters. The van der Waals surface area contributed by atoms with Gasteiger partial charge in [0.15, 0.2) is 17.5 Å². The highest BCUT2D eigenvalue weighted by molar-refractivity contribution is 7.80. The number of anilines is 2. The summed E-state index contributed by atoms with van der Waals surface area (Å²) in [6, 6.07) is 10.6. The van der Waals surface area contributed by atoms with Crippen LogP contribution in [0.1, 0.15) is 12.2 Å². The van der Waals surface area contributed by atoms with Crippen LogP contribution in [-0.2, 0) is 4.79 Å². The first-order valence-corrected chi connectivity index (χ1v) is 11.2. The third-order valence-electron chi connectivity index (χ3n) is 4.92. The van der Waals surface area contributed by atoms with Crippen LogP contribution >= 0.6 is 12.2 Å². The highest BCUT2D eigenvalue weighted by atomic mass is 32.1. The second-order valence-corrected chi connectivity index (χ2v) is 7.91. The summed E-state index contributed by atoms with van der Waals surface area (Å²) in [4.78, 5) is 17.6. The molecular formula is C23H20F3N7O3S. The van der Waals surface area contributed by atoms with E-state index in [1.165, 1.54) is 40.2 Å². The number of ether oxygens (including phenoxy) is 2. The van der Waals surface area contributed by atoms with E-state index < -0.39 is 6.36 Å². The van der Waals surface area contributed by atoms with Crippen molar-refractivity contribution in [1.29, 1.82) is 0 Å². The Morgan fingerprint density at radius 1 is 1.27 bits per heavy atom. The number of hydrazone groups is 1. The van der Waals surface area contributed by atoms with Gasteiger partial charge in [0.1, 0.15) is 23.5 Å². The molecule has 2 heterocycles. The summed E-state index contributed by atoms with van der Waals surface area (Å²) in [6.45, 7) is -0.0168. The van der Waals surface area contributed by atoms with Gasteiger partial charge in [-0.2, -0.15) is 5.10 Å². The van der Waals surface area contributed by atoms with Gasteiger partial charge in [-0.25, -0.2) is 9.67 Å². The predicted molar refractivity (Wildman–Crippen MR) is 135 cm³/mol. The highest BCUT2D eigenvalue weighted by Gasteiger charge is 2.31. The molecule has 0 fully saturated rings. The smallest absolute Gasteiger partial charge is 0.481 e. The lowest BCUT2D eigenvalue weighted by Crippen LogP contribution is -2.36. The number of likely N-dealkylation sites (N-methyl/N-ethyl adjacent to an activating group) is 1.